The molecule has 1 amide bonds. The predicted molar refractivity (Wildman–Crippen MR) is 97.5 cm³/mol. The summed E-state index contributed by atoms with van der Waals surface area (Å²) in [6, 6.07) is 7.23. The van der Waals surface area contributed by atoms with Crippen LogP contribution in [-0.4, -0.2) is 33.4 Å². The molecule has 2 atom stereocenters. The number of hydrogen-bond donors (Lipinski definition) is 1. The molecular weight excluding hydrogens is 322 g/mol. The maximum Gasteiger partial charge on any atom is 0.262 e. The van der Waals surface area contributed by atoms with Crippen LogP contribution in [0, 0.1) is 16.6 Å². The van der Waals surface area contributed by atoms with E-state index >= 15 is 0 Å². The number of fused-ring (bicyclic) bond motifs is 1. The summed E-state index contributed by atoms with van der Waals surface area (Å²) in [5.41, 5.74) is 0.493. The molecule has 0 saturated carbocycles. The van der Waals surface area contributed by atoms with E-state index in [9.17, 15) is 9.59 Å². The lowest BCUT2D eigenvalue weighted by Crippen LogP contribution is -2.39. The van der Waals surface area contributed by atoms with Crippen molar-refractivity contribution in [2.24, 2.45) is 11.8 Å². The molecule has 1 N–H and O–H groups in total. The van der Waals surface area contributed by atoms with Crippen LogP contribution in [0.15, 0.2) is 29.1 Å². The third-order valence-corrected chi connectivity index (χ3v) is 5.09. The van der Waals surface area contributed by atoms with Gasteiger partial charge in [-0.2, -0.15) is 0 Å². The number of benzene rings is 1. The standard InChI is InChI=1S/C18H23N3O2S/c1-12-7-8-20(10-13(2)9-12)16(22)11-21-17(23)14-5-3-4-6-15(14)19-18(21)24/h3-6,12-13H,7-11H2,1-2H3,(H,19,24)/t12-,13+/m1/s1. The lowest BCUT2D eigenvalue weighted by molar-refractivity contribution is -0.132. The number of aromatic nitrogens is 2. The van der Waals surface area contributed by atoms with E-state index in [0.29, 0.717) is 27.5 Å². The Kier molecular flexibility index (Phi) is 4.85. The lowest BCUT2D eigenvalue weighted by atomic mass is 9.97. The highest BCUT2D eigenvalue weighted by atomic mass is 32.1. The predicted octanol–water partition coefficient (Wildman–Crippen LogP) is 2.95. The number of nitrogens with one attached hydrogen (secondary N) is 1. The number of H-pyrrole nitrogens is 1. The second-order valence-corrected chi connectivity index (χ2v) is 7.33. The van der Waals surface area contributed by atoms with E-state index in [1.165, 1.54) is 4.57 Å². The van der Waals surface area contributed by atoms with Gasteiger partial charge in [-0.05, 0) is 49.0 Å². The first-order chi connectivity index (χ1) is 11.5. The number of aromatic amines is 1. The van der Waals surface area contributed by atoms with Crippen molar-refractivity contribution >= 4 is 29.0 Å². The van der Waals surface area contributed by atoms with Crippen LogP contribution in [0.1, 0.15) is 26.7 Å². The molecular formula is C18H23N3O2S. The zero-order valence-corrected chi connectivity index (χ0v) is 14.9. The van der Waals surface area contributed by atoms with Gasteiger partial charge in [0.2, 0.25) is 5.91 Å². The molecule has 1 aromatic carbocycles. The summed E-state index contributed by atoms with van der Waals surface area (Å²) in [6.45, 7) is 5.91. The summed E-state index contributed by atoms with van der Waals surface area (Å²) in [5, 5.41) is 0.553. The maximum absolute atomic E-state index is 12.7. The van der Waals surface area contributed by atoms with Crippen LogP contribution in [0.5, 0.6) is 0 Å². The Morgan fingerprint density at radius 3 is 2.83 bits per heavy atom. The van der Waals surface area contributed by atoms with Crippen molar-refractivity contribution in [3.63, 3.8) is 0 Å². The molecule has 2 aromatic rings. The zero-order valence-electron chi connectivity index (χ0n) is 14.1. The molecule has 128 valence electrons. The number of nitrogens with zero attached hydrogens (tertiary/aromatic N) is 2. The fourth-order valence-electron chi connectivity index (χ4n) is 3.53. The Morgan fingerprint density at radius 1 is 1.29 bits per heavy atom. The highest BCUT2D eigenvalue weighted by Crippen LogP contribution is 2.21. The van der Waals surface area contributed by atoms with E-state index in [1.54, 1.807) is 6.07 Å². The molecule has 1 aliphatic rings. The molecule has 0 aliphatic carbocycles. The number of likely N-dealkylation sites (tertiary alicyclic amines) is 1. The van der Waals surface area contributed by atoms with E-state index in [-0.39, 0.29) is 18.0 Å². The first kappa shape index (κ1) is 16.9. The topological polar surface area (TPSA) is 58.1 Å². The smallest absolute Gasteiger partial charge is 0.262 e. The van der Waals surface area contributed by atoms with Crippen molar-refractivity contribution in [3.8, 4) is 0 Å². The number of hydrogen-bond acceptors (Lipinski definition) is 3. The van der Waals surface area contributed by atoms with Gasteiger partial charge in [-0.3, -0.25) is 14.2 Å². The molecule has 0 radical (unpaired) electrons. The minimum Gasteiger partial charge on any atom is -0.341 e. The minimum atomic E-state index is -0.209. The van der Waals surface area contributed by atoms with Crippen LogP contribution in [-0.2, 0) is 11.3 Å². The molecule has 5 nitrogen and oxygen atoms in total. The summed E-state index contributed by atoms with van der Waals surface area (Å²) in [5.74, 6) is 1.08. The number of para-hydroxylation sites is 1. The molecule has 24 heavy (non-hydrogen) atoms. The van der Waals surface area contributed by atoms with Gasteiger partial charge in [0.05, 0.1) is 10.9 Å². The van der Waals surface area contributed by atoms with Crippen molar-refractivity contribution in [1.82, 2.24) is 14.5 Å². The van der Waals surface area contributed by atoms with Crippen LogP contribution in [0.25, 0.3) is 10.9 Å². The van der Waals surface area contributed by atoms with E-state index in [0.717, 1.165) is 25.9 Å². The number of carbonyl (C=O) groups is 1. The van der Waals surface area contributed by atoms with Gasteiger partial charge < -0.3 is 9.88 Å². The van der Waals surface area contributed by atoms with Gasteiger partial charge in [0.25, 0.3) is 5.56 Å². The van der Waals surface area contributed by atoms with Gasteiger partial charge >= 0.3 is 0 Å². The van der Waals surface area contributed by atoms with Crippen molar-refractivity contribution in [3.05, 3.63) is 39.4 Å². The molecule has 1 aromatic heterocycles. The molecule has 0 unspecified atom stereocenters. The zero-order chi connectivity index (χ0) is 17.3. The average Bonchev–Trinajstić information content (AvgIpc) is 2.71. The highest BCUT2D eigenvalue weighted by Gasteiger charge is 2.23. The van der Waals surface area contributed by atoms with Gasteiger partial charge in [0, 0.05) is 13.1 Å². The Bertz CT molecular complexity index is 870. The number of amides is 1. The summed E-state index contributed by atoms with van der Waals surface area (Å²) < 4.78 is 1.67. The Morgan fingerprint density at radius 2 is 2.04 bits per heavy atom. The van der Waals surface area contributed by atoms with Crippen LogP contribution >= 0.6 is 12.2 Å². The average molecular weight is 345 g/mol. The first-order valence-corrected chi connectivity index (χ1v) is 8.86. The largest absolute Gasteiger partial charge is 0.341 e. The van der Waals surface area contributed by atoms with Crippen molar-refractivity contribution in [2.45, 2.75) is 33.2 Å². The third kappa shape index (κ3) is 3.43. The normalized spacial score (nSPS) is 21.7. The molecule has 0 spiro atoms. The Hall–Kier alpha value is -1.95. The SMILES string of the molecule is C[C@@H]1CCN(C(=O)Cn2c(=S)[nH]c3ccccc3c2=O)C[C@@H](C)C1. The molecule has 2 heterocycles. The summed E-state index contributed by atoms with van der Waals surface area (Å²) in [4.78, 5) is 30.3. The molecule has 1 fully saturated rings. The Labute approximate surface area is 146 Å². The molecule has 6 heteroatoms. The monoisotopic (exact) mass is 345 g/mol. The fourth-order valence-corrected chi connectivity index (χ4v) is 3.78. The van der Waals surface area contributed by atoms with Crippen molar-refractivity contribution in [1.29, 1.82) is 0 Å². The molecule has 1 aliphatic heterocycles. The number of carbonyl (C=O) groups excluding carboxylic acids is 1. The van der Waals surface area contributed by atoms with Crippen LogP contribution in [0.4, 0.5) is 0 Å². The molecule has 3 rings (SSSR count). The second kappa shape index (κ2) is 6.89. The van der Waals surface area contributed by atoms with Crippen molar-refractivity contribution in [2.75, 3.05) is 13.1 Å². The number of rotatable bonds is 2. The van der Waals surface area contributed by atoms with Crippen LogP contribution in [0.3, 0.4) is 0 Å². The first-order valence-electron chi connectivity index (χ1n) is 8.45. The Balaban J connectivity index is 1.88. The van der Waals surface area contributed by atoms with Crippen molar-refractivity contribution < 1.29 is 4.79 Å². The summed E-state index contributed by atoms with van der Waals surface area (Å²) in [6.07, 6.45) is 2.15. The summed E-state index contributed by atoms with van der Waals surface area (Å²) >= 11 is 5.29. The molecule has 1 saturated heterocycles. The van der Waals surface area contributed by atoms with E-state index < -0.39 is 0 Å². The second-order valence-electron chi connectivity index (χ2n) is 6.94. The van der Waals surface area contributed by atoms with E-state index in [2.05, 4.69) is 18.8 Å². The van der Waals surface area contributed by atoms with Gasteiger partial charge in [0.15, 0.2) is 4.77 Å². The van der Waals surface area contributed by atoms with Gasteiger partial charge in [-0.25, -0.2) is 0 Å². The quantitative estimate of drug-likeness (QED) is 0.852. The fraction of sp³-hybridized carbons (Fsp3) is 0.500. The van der Waals surface area contributed by atoms with E-state index in [4.69, 9.17) is 12.2 Å². The lowest BCUT2D eigenvalue weighted by Gasteiger charge is -2.23. The molecule has 0 bridgehead atoms. The van der Waals surface area contributed by atoms with E-state index in [1.807, 2.05) is 23.1 Å². The van der Waals surface area contributed by atoms with Gasteiger partial charge in [-0.1, -0.05) is 26.0 Å². The van der Waals surface area contributed by atoms with Gasteiger partial charge in [-0.15, -0.1) is 0 Å². The maximum atomic E-state index is 12.7. The summed E-state index contributed by atoms with van der Waals surface area (Å²) in [7, 11) is 0. The minimum absolute atomic E-state index is 0.000101. The highest BCUT2D eigenvalue weighted by molar-refractivity contribution is 7.71. The third-order valence-electron chi connectivity index (χ3n) is 4.76. The van der Waals surface area contributed by atoms with Crippen LogP contribution in [0.2, 0.25) is 0 Å². The van der Waals surface area contributed by atoms with Crippen LogP contribution < -0.4 is 5.56 Å². The van der Waals surface area contributed by atoms with Gasteiger partial charge in [0.1, 0.15) is 6.54 Å².